The van der Waals surface area contributed by atoms with Crippen molar-refractivity contribution in [2.45, 2.75) is 17.9 Å². The van der Waals surface area contributed by atoms with E-state index in [1.54, 1.807) is 6.07 Å². The third kappa shape index (κ3) is 6.08. The second-order valence-corrected chi connectivity index (χ2v) is 6.97. The highest BCUT2D eigenvalue weighted by molar-refractivity contribution is 8.00. The van der Waals surface area contributed by atoms with E-state index in [2.05, 4.69) is 5.32 Å². The zero-order chi connectivity index (χ0) is 18.2. The second kappa shape index (κ2) is 9.46. The van der Waals surface area contributed by atoms with Crippen LogP contribution >= 0.6 is 23.4 Å². The molecule has 2 amide bonds. The summed E-state index contributed by atoms with van der Waals surface area (Å²) in [6.45, 7) is 2.27. The lowest BCUT2D eigenvalue weighted by atomic mass is 10.1. The first-order valence-corrected chi connectivity index (χ1v) is 9.21. The van der Waals surface area contributed by atoms with Crippen LogP contribution in [0.5, 0.6) is 0 Å². The number of thioether (sulfide) groups is 1. The van der Waals surface area contributed by atoms with E-state index in [1.165, 1.54) is 11.8 Å². The molecule has 0 aliphatic heterocycles. The summed E-state index contributed by atoms with van der Waals surface area (Å²) in [4.78, 5) is 24.0. The number of halogens is 1. The molecule has 0 aliphatic carbocycles. The van der Waals surface area contributed by atoms with Crippen molar-refractivity contribution >= 4 is 40.9 Å². The maximum absolute atomic E-state index is 12.2. The van der Waals surface area contributed by atoms with Crippen molar-refractivity contribution in [1.29, 1.82) is 0 Å². The van der Waals surface area contributed by atoms with Crippen molar-refractivity contribution in [1.82, 2.24) is 0 Å². The molecule has 0 radical (unpaired) electrons. The Kier molecular flexibility index (Phi) is 7.31. The third-order valence-electron chi connectivity index (χ3n) is 3.58. The number of nitrogens with one attached hydrogen (secondary N) is 1. The minimum atomic E-state index is -0.395. The van der Waals surface area contributed by atoms with Crippen LogP contribution < -0.4 is 16.4 Å². The van der Waals surface area contributed by atoms with Gasteiger partial charge in [0.05, 0.1) is 11.4 Å². The zero-order valence-electron chi connectivity index (χ0n) is 13.9. The highest BCUT2D eigenvalue weighted by Gasteiger charge is 2.15. The molecule has 5 N–H and O–H groups in total. The summed E-state index contributed by atoms with van der Waals surface area (Å²) in [6, 6.07) is 15.0. The molecule has 1 atom stereocenters. The first kappa shape index (κ1) is 19.3. The van der Waals surface area contributed by atoms with Crippen molar-refractivity contribution in [3.63, 3.8) is 0 Å². The Hall–Kier alpha value is -2.02. The number of carbonyl (C=O) groups is 2. The number of hydrogen-bond acceptors (Lipinski definition) is 3. The van der Waals surface area contributed by atoms with Gasteiger partial charge in [0.25, 0.3) is 5.91 Å². The van der Waals surface area contributed by atoms with E-state index in [-0.39, 0.29) is 24.2 Å². The molecule has 0 saturated carbocycles. The van der Waals surface area contributed by atoms with Gasteiger partial charge >= 0.3 is 0 Å². The van der Waals surface area contributed by atoms with Gasteiger partial charge in [-0.3, -0.25) is 9.59 Å². The lowest BCUT2D eigenvalue weighted by Gasteiger charge is -2.13. The molecule has 7 heteroatoms. The van der Waals surface area contributed by atoms with Crippen LogP contribution in [0.1, 0.15) is 18.5 Å². The van der Waals surface area contributed by atoms with Crippen molar-refractivity contribution in [3.8, 4) is 0 Å². The van der Waals surface area contributed by atoms with Crippen LogP contribution in [0.3, 0.4) is 0 Å². The first-order chi connectivity index (χ1) is 12.0. The Morgan fingerprint density at radius 2 is 1.88 bits per heavy atom. The standard InChI is InChI=1S/C18H20ClN3O2S/c1-12(13-6-2-3-7-14(13)19)21-10-18(24)22-15-8-4-5-9-16(15)25-11-17(20)23/h2-9,12,21H,10-11H2,1H3,(H2,20,23)(H,22,24)/p+1/t12-/m0/s1. The molecule has 2 aromatic rings. The Bertz CT molecular complexity index is 755. The molecule has 0 heterocycles. The van der Waals surface area contributed by atoms with Gasteiger partial charge in [-0.05, 0) is 25.1 Å². The van der Waals surface area contributed by atoms with Crippen LogP contribution in [-0.4, -0.2) is 24.1 Å². The van der Waals surface area contributed by atoms with E-state index in [0.717, 1.165) is 10.5 Å². The molecular weight excluding hydrogens is 358 g/mol. The minimum absolute atomic E-state index is 0.0685. The zero-order valence-corrected chi connectivity index (χ0v) is 15.4. The number of primary amides is 1. The maximum atomic E-state index is 12.2. The molecule has 2 aromatic carbocycles. The summed E-state index contributed by atoms with van der Waals surface area (Å²) in [5.74, 6) is -0.346. The fourth-order valence-electron chi connectivity index (χ4n) is 2.30. The van der Waals surface area contributed by atoms with E-state index in [0.29, 0.717) is 10.7 Å². The first-order valence-electron chi connectivity index (χ1n) is 7.85. The largest absolute Gasteiger partial charge is 0.369 e. The smallest absolute Gasteiger partial charge is 0.279 e. The predicted octanol–water partition coefficient (Wildman–Crippen LogP) is 2.18. The third-order valence-corrected chi connectivity index (χ3v) is 5.02. The highest BCUT2D eigenvalue weighted by Crippen LogP contribution is 2.26. The molecular formula is C18H21ClN3O2S+. The number of benzene rings is 2. The summed E-state index contributed by atoms with van der Waals surface area (Å²) >= 11 is 7.49. The number of para-hydroxylation sites is 1. The molecule has 0 saturated heterocycles. The number of hydrogen-bond donors (Lipinski definition) is 3. The number of quaternary nitrogens is 1. The van der Waals surface area contributed by atoms with E-state index < -0.39 is 5.91 Å². The van der Waals surface area contributed by atoms with E-state index in [4.69, 9.17) is 17.3 Å². The van der Waals surface area contributed by atoms with Gasteiger partial charge in [-0.2, -0.15) is 0 Å². The lowest BCUT2D eigenvalue weighted by molar-refractivity contribution is -0.682. The topological polar surface area (TPSA) is 88.8 Å². The second-order valence-electron chi connectivity index (χ2n) is 5.55. The van der Waals surface area contributed by atoms with Gasteiger partial charge in [-0.15, -0.1) is 11.8 Å². The normalized spacial score (nSPS) is 11.8. The van der Waals surface area contributed by atoms with Crippen molar-refractivity contribution in [2.75, 3.05) is 17.6 Å². The van der Waals surface area contributed by atoms with E-state index in [1.807, 2.05) is 54.7 Å². The lowest BCUT2D eigenvalue weighted by Crippen LogP contribution is -2.86. The molecule has 0 spiro atoms. The van der Waals surface area contributed by atoms with Crippen LogP contribution in [0.15, 0.2) is 53.4 Å². The number of nitrogens with two attached hydrogens (primary N) is 2. The molecule has 0 fully saturated rings. The Morgan fingerprint density at radius 3 is 2.60 bits per heavy atom. The fraction of sp³-hybridized carbons (Fsp3) is 0.222. The fourth-order valence-corrected chi connectivity index (χ4v) is 3.36. The SMILES string of the molecule is C[C@H]([NH2+]CC(=O)Nc1ccccc1SCC(N)=O)c1ccccc1Cl. The quantitative estimate of drug-likeness (QED) is 0.615. The van der Waals surface area contributed by atoms with Gasteiger partial charge in [-0.1, -0.05) is 41.9 Å². The van der Waals surface area contributed by atoms with Crippen LogP contribution in [0, 0.1) is 0 Å². The van der Waals surface area contributed by atoms with Gasteiger partial charge in [0.2, 0.25) is 5.91 Å². The van der Waals surface area contributed by atoms with Gasteiger partial charge in [-0.25, -0.2) is 0 Å². The highest BCUT2D eigenvalue weighted by atomic mass is 35.5. The Morgan fingerprint density at radius 1 is 1.20 bits per heavy atom. The van der Waals surface area contributed by atoms with Crippen molar-refractivity contribution < 1.29 is 14.9 Å². The molecule has 2 rings (SSSR count). The monoisotopic (exact) mass is 378 g/mol. The van der Waals surface area contributed by atoms with E-state index >= 15 is 0 Å². The van der Waals surface area contributed by atoms with Crippen LogP contribution in [0.2, 0.25) is 5.02 Å². The number of carbonyl (C=O) groups excluding carboxylic acids is 2. The summed E-state index contributed by atoms with van der Waals surface area (Å²) < 4.78 is 0. The van der Waals surface area contributed by atoms with Crippen LogP contribution in [0.25, 0.3) is 0 Å². The Labute approximate surface area is 156 Å². The van der Waals surface area contributed by atoms with Crippen LogP contribution in [0.4, 0.5) is 5.69 Å². The van der Waals surface area contributed by atoms with Gasteiger partial charge in [0.15, 0.2) is 6.54 Å². The summed E-state index contributed by atoms with van der Waals surface area (Å²) in [6.07, 6.45) is 0. The van der Waals surface area contributed by atoms with Gasteiger partial charge in [0.1, 0.15) is 6.04 Å². The molecule has 5 nitrogen and oxygen atoms in total. The molecule has 0 unspecified atom stereocenters. The van der Waals surface area contributed by atoms with Gasteiger partial charge < -0.3 is 16.4 Å². The maximum Gasteiger partial charge on any atom is 0.279 e. The molecule has 0 aromatic heterocycles. The molecule has 0 aliphatic rings. The summed E-state index contributed by atoms with van der Waals surface area (Å²) in [5.41, 5.74) is 6.85. The molecule has 25 heavy (non-hydrogen) atoms. The number of amides is 2. The van der Waals surface area contributed by atoms with Crippen molar-refractivity contribution in [2.24, 2.45) is 5.73 Å². The Balaban J connectivity index is 1.92. The summed E-state index contributed by atoms with van der Waals surface area (Å²) in [5, 5.41) is 5.50. The predicted molar refractivity (Wildman–Crippen MR) is 102 cm³/mol. The number of rotatable bonds is 8. The average Bonchev–Trinajstić information content (AvgIpc) is 2.59. The number of anilines is 1. The van der Waals surface area contributed by atoms with Crippen molar-refractivity contribution in [3.05, 3.63) is 59.1 Å². The van der Waals surface area contributed by atoms with Crippen LogP contribution in [-0.2, 0) is 9.59 Å². The van der Waals surface area contributed by atoms with E-state index in [9.17, 15) is 9.59 Å². The molecule has 132 valence electrons. The molecule has 0 bridgehead atoms. The average molecular weight is 379 g/mol. The minimum Gasteiger partial charge on any atom is -0.369 e. The summed E-state index contributed by atoms with van der Waals surface area (Å²) in [7, 11) is 0. The van der Waals surface area contributed by atoms with Gasteiger partial charge in [0, 0.05) is 15.5 Å².